The van der Waals surface area contributed by atoms with Gasteiger partial charge in [0, 0.05) is 6.54 Å². The average Bonchev–Trinajstić information content (AvgIpc) is 2.82. The summed E-state index contributed by atoms with van der Waals surface area (Å²) in [5, 5.41) is 0.670. The standard InChI is InChI=1S/C17H22Cl2N2/c1-11-6-8-13(9-7-11)10-21-16-14(19)4-3-5-15(16)20-17(21)12(2)18/h3-5,11-13H,6-10H2,1-2H3. The molecule has 1 aromatic heterocycles. The maximum Gasteiger partial charge on any atom is 0.127 e. The summed E-state index contributed by atoms with van der Waals surface area (Å²) < 4.78 is 2.26. The van der Waals surface area contributed by atoms with E-state index in [9.17, 15) is 0 Å². The van der Waals surface area contributed by atoms with Gasteiger partial charge in [-0.1, -0.05) is 37.4 Å². The van der Waals surface area contributed by atoms with Crippen molar-refractivity contribution in [3.8, 4) is 0 Å². The van der Waals surface area contributed by atoms with Gasteiger partial charge in [-0.25, -0.2) is 4.98 Å². The van der Waals surface area contributed by atoms with Gasteiger partial charge in [0.1, 0.15) is 5.82 Å². The molecule has 0 bridgehead atoms. The molecule has 1 fully saturated rings. The lowest BCUT2D eigenvalue weighted by molar-refractivity contribution is 0.265. The van der Waals surface area contributed by atoms with Crippen molar-refractivity contribution in [2.45, 2.75) is 51.5 Å². The molecular formula is C17H22Cl2N2. The minimum Gasteiger partial charge on any atom is -0.325 e. The normalized spacial score (nSPS) is 24.4. The quantitative estimate of drug-likeness (QED) is 0.651. The highest BCUT2D eigenvalue weighted by Crippen LogP contribution is 2.34. The van der Waals surface area contributed by atoms with Crippen LogP contribution in [0.25, 0.3) is 11.0 Å². The van der Waals surface area contributed by atoms with Crippen LogP contribution in [0.2, 0.25) is 5.02 Å². The number of imidazole rings is 1. The fraction of sp³-hybridized carbons (Fsp3) is 0.588. The van der Waals surface area contributed by atoms with Crippen LogP contribution in [0.15, 0.2) is 18.2 Å². The molecule has 21 heavy (non-hydrogen) atoms. The predicted molar refractivity (Wildman–Crippen MR) is 90.1 cm³/mol. The van der Waals surface area contributed by atoms with E-state index in [4.69, 9.17) is 28.2 Å². The molecule has 0 spiro atoms. The third kappa shape index (κ3) is 3.07. The second-order valence-corrected chi connectivity index (χ2v) is 7.49. The summed E-state index contributed by atoms with van der Waals surface area (Å²) in [6.07, 6.45) is 5.25. The Balaban J connectivity index is 1.97. The van der Waals surface area contributed by atoms with Crippen molar-refractivity contribution in [3.05, 3.63) is 29.0 Å². The summed E-state index contributed by atoms with van der Waals surface area (Å²) in [5.41, 5.74) is 1.99. The second-order valence-electron chi connectivity index (χ2n) is 6.43. The largest absolute Gasteiger partial charge is 0.325 e. The molecule has 1 aliphatic rings. The average molecular weight is 325 g/mol. The molecule has 114 valence electrons. The predicted octanol–water partition coefficient (Wildman–Crippen LogP) is 5.82. The number of halogens is 2. The molecule has 0 radical (unpaired) electrons. The molecule has 1 saturated carbocycles. The molecule has 0 aliphatic heterocycles. The number of fused-ring (bicyclic) bond motifs is 1. The number of alkyl halides is 1. The number of hydrogen-bond donors (Lipinski definition) is 0. The monoisotopic (exact) mass is 324 g/mol. The van der Waals surface area contributed by atoms with Crippen LogP contribution >= 0.6 is 23.2 Å². The number of nitrogens with zero attached hydrogens (tertiary/aromatic N) is 2. The fourth-order valence-electron chi connectivity index (χ4n) is 3.42. The number of aromatic nitrogens is 2. The van der Waals surface area contributed by atoms with E-state index < -0.39 is 0 Å². The maximum absolute atomic E-state index is 6.42. The van der Waals surface area contributed by atoms with Crippen molar-refractivity contribution in [3.63, 3.8) is 0 Å². The summed E-state index contributed by atoms with van der Waals surface area (Å²) in [7, 11) is 0. The topological polar surface area (TPSA) is 17.8 Å². The van der Waals surface area contributed by atoms with Gasteiger partial charge in [0.15, 0.2) is 0 Å². The molecule has 2 aromatic rings. The summed E-state index contributed by atoms with van der Waals surface area (Å²) in [6, 6.07) is 5.91. The van der Waals surface area contributed by atoms with Gasteiger partial charge in [-0.15, -0.1) is 11.6 Å². The first-order valence-corrected chi connectivity index (χ1v) is 8.66. The first-order chi connectivity index (χ1) is 10.1. The Labute approximate surface area is 136 Å². The molecule has 4 heteroatoms. The van der Waals surface area contributed by atoms with Crippen molar-refractivity contribution < 1.29 is 0 Å². The Morgan fingerprint density at radius 3 is 2.67 bits per heavy atom. The van der Waals surface area contributed by atoms with Crippen LogP contribution in [-0.2, 0) is 6.54 Å². The van der Waals surface area contributed by atoms with E-state index in [1.165, 1.54) is 25.7 Å². The van der Waals surface area contributed by atoms with Crippen LogP contribution in [0, 0.1) is 11.8 Å². The highest BCUT2D eigenvalue weighted by Gasteiger charge is 2.23. The molecule has 1 atom stereocenters. The second kappa shape index (κ2) is 6.18. The van der Waals surface area contributed by atoms with Crippen LogP contribution in [0.4, 0.5) is 0 Å². The minimum atomic E-state index is -0.101. The molecule has 0 amide bonds. The first kappa shape index (κ1) is 15.2. The fourth-order valence-corrected chi connectivity index (χ4v) is 3.86. The van der Waals surface area contributed by atoms with Crippen LogP contribution in [0.3, 0.4) is 0 Å². The van der Waals surface area contributed by atoms with Gasteiger partial charge in [0.05, 0.1) is 21.4 Å². The maximum atomic E-state index is 6.42. The highest BCUT2D eigenvalue weighted by atomic mass is 35.5. The van der Waals surface area contributed by atoms with Crippen molar-refractivity contribution in [1.82, 2.24) is 9.55 Å². The van der Waals surface area contributed by atoms with Crippen molar-refractivity contribution in [2.24, 2.45) is 11.8 Å². The first-order valence-electron chi connectivity index (χ1n) is 7.85. The minimum absolute atomic E-state index is 0.101. The van der Waals surface area contributed by atoms with Crippen molar-refractivity contribution in [1.29, 1.82) is 0 Å². The zero-order chi connectivity index (χ0) is 15.0. The molecule has 0 saturated heterocycles. The number of rotatable bonds is 3. The third-order valence-corrected chi connectivity index (χ3v) is 5.18. The number of para-hydroxylation sites is 1. The molecule has 1 aliphatic carbocycles. The SMILES string of the molecule is CC1CCC(Cn2c(C(C)Cl)nc3cccc(Cl)c32)CC1. The third-order valence-electron chi connectivity index (χ3n) is 4.68. The van der Waals surface area contributed by atoms with E-state index in [2.05, 4.69) is 11.5 Å². The van der Waals surface area contributed by atoms with Gasteiger partial charge in [-0.05, 0) is 43.7 Å². The number of benzene rings is 1. The summed E-state index contributed by atoms with van der Waals surface area (Å²) >= 11 is 12.8. The highest BCUT2D eigenvalue weighted by molar-refractivity contribution is 6.35. The molecule has 1 unspecified atom stereocenters. The molecular weight excluding hydrogens is 303 g/mol. The van der Waals surface area contributed by atoms with Gasteiger partial charge < -0.3 is 4.57 Å². The Morgan fingerprint density at radius 2 is 2.00 bits per heavy atom. The van der Waals surface area contributed by atoms with E-state index in [0.717, 1.165) is 34.3 Å². The number of hydrogen-bond acceptors (Lipinski definition) is 1. The van der Waals surface area contributed by atoms with Gasteiger partial charge in [-0.2, -0.15) is 0 Å². The van der Waals surface area contributed by atoms with Crippen LogP contribution in [-0.4, -0.2) is 9.55 Å². The Hall–Kier alpha value is -0.730. The zero-order valence-electron chi connectivity index (χ0n) is 12.6. The Bertz CT molecular complexity index is 625. The molecule has 0 N–H and O–H groups in total. The zero-order valence-corrected chi connectivity index (χ0v) is 14.2. The molecule has 1 heterocycles. The smallest absolute Gasteiger partial charge is 0.127 e. The Morgan fingerprint density at radius 1 is 1.29 bits per heavy atom. The van der Waals surface area contributed by atoms with E-state index in [0.29, 0.717) is 5.92 Å². The molecule has 1 aromatic carbocycles. The molecule has 2 nitrogen and oxygen atoms in total. The van der Waals surface area contributed by atoms with Gasteiger partial charge in [0.25, 0.3) is 0 Å². The van der Waals surface area contributed by atoms with Gasteiger partial charge >= 0.3 is 0 Å². The summed E-state index contributed by atoms with van der Waals surface area (Å²) in [5.74, 6) is 2.53. The van der Waals surface area contributed by atoms with Crippen LogP contribution in [0.1, 0.15) is 50.7 Å². The van der Waals surface area contributed by atoms with Crippen molar-refractivity contribution >= 4 is 34.2 Å². The Kier molecular flexibility index (Phi) is 4.46. The van der Waals surface area contributed by atoms with Crippen LogP contribution in [0.5, 0.6) is 0 Å². The van der Waals surface area contributed by atoms with Gasteiger partial charge in [0.2, 0.25) is 0 Å². The van der Waals surface area contributed by atoms with E-state index in [1.807, 2.05) is 25.1 Å². The van der Waals surface area contributed by atoms with E-state index in [-0.39, 0.29) is 5.38 Å². The lowest BCUT2D eigenvalue weighted by Gasteiger charge is -2.27. The summed E-state index contributed by atoms with van der Waals surface area (Å²) in [4.78, 5) is 4.70. The van der Waals surface area contributed by atoms with Crippen LogP contribution < -0.4 is 0 Å². The van der Waals surface area contributed by atoms with E-state index in [1.54, 1.807) is 0 Å². The van der Waals surface area contributed by atoms with Gasteiger partial charge in [-0.3, -0.25) is 0 Å². The van der Waals surface area contributed by atoms with E-state index >= 15 is 0 Å². The molecule has 3 rings (SSSR count). The lowest BCUT2D eigenvalue weighted by Crippen LogP contribution is -2.19. The lowest BCUT2D eigenvalue weighted by atomic mass is 9.83. The summed E-state index contributed by atoms with van der Waals surface area (Å²) in [6.45, 7) is 5.32. The van der Waals surface area contributed by atoms with Crippen molar-refractivity contribution in [2.75, 3.05) is 0 Å².